The lowest BCUT2D eigenvalue weighted by Crippen LogP contribution is -2.37. The molecule has 0 bridgehead atoms. The van der Waals surface area contributed by atoms with Crippen molar-refractivity contribution in [2.75, 3.05) is 5.01 Å². The smallest absolute Gasteiger partial charge is 0.282 e. The minimum Gasteiger partial charge on any atom is -0.288 e. The summed E-state index contributed by atoms with van der Waals surface area (Å²) in [5, 5.41) is 7.33. The molecular weight excluding hydrogens is 328 g/mol. The van der Waals surface area contributed by atoms with Gasteiger partial charge in [0.1, 0.15) is 0 Å². The summed E-state index contributed by atoms with van der Waals surface area (Å²) in [5.74, 6) is -0.435. The Labute approximate surface area is 152 Å². The van der Waals surface area contributed by atoms with Crippen LogP contribution in [-0.4, -0.2) is 22.5 Å². The number of hydrazine groups is 1. The summed E-state index contributed by atoms with van der Waals surface area (Å²) in [6.45, 7) is 3.65. The van der Waals surface area contributed by atoms with Crippen molar-refractivity contribution in [3.63, 3.8) is 0 Å². The molecule has 0 fully saturated rings. The van der Waals surface area contributed by atoms with Crippen molar-refractivity contribution in [3.8, 4) is 0 Å². The third-order valence-corrected chi connectivity index (χ3v) is 3.85. The van der Waals surface area contributed by atoms with Gasteiger partial charge in [0.05, 0.1) is 23.5 Å². The summed E-state index contributed by atoms with van der Waals surface area (Å²) in [7, 11) is 0. The minimum atomic E-state index is -0.225. The van der Waals surface area contributed by atoms with Crippen LogP contribution in [0.2, 0.25) is 0 Å². The number of hydrazone groups is 1. The van der Waals surface area contributed by atoms with E-state index in [1.165, 1.54) is 11.9 Å². The monoisotopic (exact) mass is 348 g/mol. The molecule has 2 amide bonds. The zero-order valence-corrected chi connectivity index (χ0v) is 14.7. The molecule has 1 heterocycles. The molecule has 1 aliphatic heterocycles. The second-order valence-electron chi connectivity index (χ2n) is 5.96. The highest BCUT2D eigenvalue weighted by atomic mass is 16.2. The first kappa shape index (κ1) is 17.4. The molecule has 1 N–H and O–H groups in total. The lowest BCUT2D eigenvalue weighted by Gasteiger charge is -2.21. The van der Waals surface area contributed by atoms with Crippen molar-refractivity contribution in [1.82, 2.24) is 10.4 Å². The fourth-order valence-corrected chi connectivity index (χ4v) is 2.67. The number of nitrogens with zero attached hydrogens (tertiary/aromatic N) is 3. The van der Waals surface area contributed by atoms with E-state index < -0.39 is 0 Å². The molecule has 3 rings (SSSR count). The third kappa shape index (κ3) is 3.97. The number of nitrogens with one attached hydrogen (secondary N) is 1. The first-order valence-corrected chi connectivity index (χ1v) is 8.29. The van der Waals surface area contributed by atoms with Gasteiger partial charge in [0.15, 0.2) is 0 Å². The van der Waals surface area contributed by atoms with Crippen molar-refractivity contribution in [2.24, 2.45) is 5.10 Å². The normalized spacial score (nSPS) is 15.2. The molecule has 0 radical (unpaired) electrons. The van der Waals surface area contributed by atoms with Gasteiger partial charge in [-0.05, 0) is 24.6 Å². The Kier molecular flexibility index (Phi) is 5.12. The fourth-order valence-electron chi connectivity index (χ4n) is 2.67. The second-order valence-corrected chi connectivity index (χ2v) is 5.96. The Morgan fingerprint density at radius 3 is 2.35 bits per heavy atom. The van der Waals surface area contributed by atoms with Crippen LogP contribution in [-0.2, 0) is 16.1 Å². The lowest BCUT2D eigenvalue weighted by molar-refractivity contribution is -0.123. The van der Waals surface area contributed by atoms with Crippen LogP contribution in [0.4, 0.5) is 5.69 Å². The van der Waals surface area contributed by atoms with Crippen LogP contribution in [0, 0.1) is 0 Å². The van der Waals surface area contributed by atoms with E-state index in [1.807, 2.05) is 60.7 Å². The maximum atomic E-state index is 12.8. The van der Waals surface area contributed by atoms with Gasteiger partial charge in [-0.1, -0.05) is 48.5 Å². The summed E-state index contributed by atoms with van der Waals surface area (Å²) in [4.78, 5) is 24.4. The lowest BCUT2D eigenvalue weighted by atomic mass is 10.2. The summed E-state index contributed by atoms with van der Waals surface area (Å²) in [6.07, 6.45) is 1.64. The summed E-state index contributed by atoms with van der Waals surface area (Å²) in [6, 6.07) is 19.0. The predicted molar refractivity (Wildman–Crippen MR) is 101 cm³/mol. The number of hydrogen-bond donors (Lipinski definition) is 1. The van der Waals surface area contributed by atoms with E-state index in [0.29, 0.717) is 23.5 Å². The molecule has 6 heteroatoms. The van der Waals surface area contributed by atoms with Gasteiger partial charge in [-0.2, -0.15) is 10.1 Å². The predicted octanol–water partition coefficient (Wildman–Crippen LogP) is 2.85. The quantitative estimate of drug-likeness (QED) is 0.667. The Hall–Kier alpha value is -3.41. The molecule has 0 saturated carbocycles. The molecule has 0 aliphatic carbocycles. The van der Waals surface area contributed by atoms with Gasteiger partial charge in [0.25, 0.3) is 5.91 Å². The SMILES string of the molecule is CC(=O)NN(/C=C1\C(=O)N(c2ccccc2)N=C1C)Cc1ccccc1. The number of anilines is 1. The van der Waals surface area contributed by atoms with Gasteiger partial charge in [-0.3, -0.25) is 20.0 Å². The van der Waals surface area contributed by atoms with Gasteiger partial charge in [-0.15, -0.1) is 0 Å². The highest BCUT2D eigenvalue weighted by Gasteiger charge is 2.29. The zero-order valence-electron chi connectivity index (χ0n) is 14.7. The number of carbonyl (C=O) groups excluding carboxylic acids is 2. The molecule has 0 saturated heterocycles. The van der Waals surface area contributed by atoms with Crippen LogP contribution in [0.1, 0.15) is 19.4 Å². The van der Waals surface area contributed by atoms with Crippen LogP contribution in [0.5, 0.6) is 0 Å². The van der Waals surface area contributed by atoms with Gasteiger partial charge in [0.2, 0.25) is 5.91 Å². The average molecular weight is 348 g/mol. The molecule has 2 aromatic carbocycles. The Morgan fingerprint density at radius 1 is 1.12 bits per heavy atom. The molecule has 1 aliphatic rings. The average Bonchev–Trinajstić information content (AvgIpc) is 2.91. The van der Waals surface area contributed by atoms with Gasteiger partial charge >= 0.3 is 0 Å². The maximum Gasteiger partial charge on any atom is 0.282 e. The number of para-hydroxylation sites is 1. The first-order chi connectivity index (χ1) is 12.5. The number of rotatable bonds is 5. The van der Waals surface area contributed by atoms with E-state index >= 15 is 0 Å². The Morgan fingerprint density at radius 2 is 1.73 bits per heavy atom. The Bertz CT molecular complexity index is 860. The molecule has 2 aromatic rings. The van der Waals surface area contributed by atoms with Gasteiger partial charge < -0.3 is 0 Å². The zero-order chi connectivity index (χ0) is 18.5. The summed E-state index contributed by atoms with van der Waals surface area (Å²) >= 11 is 0. The van der Waals surface area contributed by atoms with E-state index in [1.54, 1.807) is 18.1 Å². The molecule has 132 valence electrons. The van der Waals surface area contributed by atoms with Crippen molar-refractivity contribution in [2.45, 2.75) is 20.4 Å². The topological polar surface area (TPSA) is 65.0 Å². The van der Waals surface area contributed by atoms with E-state index in [0.717, 1.165) is 5.56 Å². The van der Waals surface area contributed by atoms with Gasteiger partial charge in [-0.25, -0.2) is 0 Å². The Balaban J connectivity index is 1.86. The second kappa shape index (κ2) is 7.65. The number of amides is 2. The fraction of sp³-hybridized carbons (Fsp3) is 0.150. The van der Waals surface area contributed by atoms with Crippen LogP contribution in [0.3, 0.4) is 0 Å². The molecule has 0 atom stereocenters. The van der Waals surface area contributed by atoms with E-state index in [2.05, 4.69) is 10.5 Å². The molecule has 0 spiro atoms. The van der Waals surface area contributed by atoms with Crippen molar-refractivity contribution in [3.05, 3.63) is 78.0 Å². The van der Waals surface area contributed by atoms with Crippen molar-refractivity contribution in [1.29, 1.82) is 0 Å². The van der Waals surface area contributed by atoms with E-state index in [4.69, 9.17) is 0 Å². The third-order valence-electron chi connectivity index (χ3n) is 3.85. The highest BCUT2D eigenvalue weighted by Crippen LogP contribution is 2.23. The van der Waals surface area contributed by atoms with Crippen molar-refractivity contribution >= 4 is 23.2 Å². The molecule has 0 unspecified atom stereocenters. The van der Waals surface area contributed by atoms with Gasteiger partial charge in [0, 0.05) is 13.1 Å². The van der Waals surface area contributed by atoms with Crippen molar-refractivity contribution < 1.29 is 9.59 Å². The first-order valence-electron chi connectivity index (χ1n) is 8.29. The minimum absolute atomic E-state index is 0.210. The number of carbonyl (C=O) groups is 2. The van der Waals surface area contributed by atoms with Crippen LogP contribution >= 0.6 is 0 Å². The standard InChI is InChI=1S/C20H20N4O2/c1-15-19(20(26)24(21-15)18-11-7-4-8-12-18)14-23(22-16(2)25)13-17-9-5-3-6-10-17/h3-12,14H,13H2,1-2H3,(H,22,25)/b19-14-. The molecular formula is C20H20N4O2. The van der Waals surface area contributed by atoms with E-state index in [9.17, 15) is 9.59 Å². The molecule has 6 nitrogen and oxygen atoms in total. The summed E-state index contributed by atoms with van der Waals surface area (Å²) in [5.41, 5.74) is 5.50. The number of benzene rings is 2. The van der Waals surface area contributed by atoms with Crippen LogP contribution in [0.25, 0.3) is 0 Å². The molecule has 0 aromatic heterocycles. The number of hydrogen-bond acceptors (Lipinski definition) is 4. The molecule has 26 heavy (non-hydrogen) atoms. The van der Waals surface area contributed by atoms with Crippen LogP contribution in [0.15, 0.2) is 77.5 Å². The summed E-state index contributed by atoms with van der Waals surface area (Å²) < 4.78 is 0. The highest BCUT2D eigenvalue weighted by molar-refractivity contribution is 6.29. The maximum absolute atomic E-state index is 12.8. The largest absolute Gasteiger partial charge is 0.288 e. The van der Waals surface area contributed by atoms with E-state index in [-0.39, 0.29) is 11.8 Å². The van der Waals surface area contributed by atoms with Crippen LogP contribution < -0.4 is 10.4 Å².